The van der Waals surface area contributed by atoms with Gasteiger partial charge in [0.1, 0.15) is 12.2 Å². The fraction of sp³-hybridized carbons (Fsp3) is 1.00. The van der Waals surface area contributed by atoms with Crippen LogP contribution in [0.3, 0.4) is 0 Å². The number of fused-ring (bicyclic) bond motifs is 1. The maximum atomic E-state index is 5.93. The van der Waals surface area contributed by atoms with E-state index in [1.807, 2.05) is 25.6 Å². The third-order valence-corrected chi connectivity index (χ3v) is 4.19. The zero-order chi connectivity index (χ0) is 11.8. The second kappa shape index (κ2) is 4.82. The van der Waals surface area contributed by atoms with Crippen LogP contribution < -0.4 is 0 Å². The van der Waals surface area contributed by atoms with E-state index in [-0.39, 0.29) is 24.4 Å². The second-order valence-electron chi connectivity index (χ2n) is 4.65. The molecule has 16 heavy (non-hydrogen) atoms. The maximum absolute atomic E-state index is 5.93. The maximum Gasteiger partial charge on any atom is 0.164 e. The van der Waals surface area contributed by atoms with Crippen LogP contribution in [0.5, 0.6) is 0 Å². The fourth-order valence-corrected chi connectivity index (χ4v) is 3.54. The Hall–Kier alpha value is 0.190. The van der Waals surface area contributed by atoms with Crippen molar-refractivity contribution < 1.29 is 18.9 Å². The summed E-state index contributed by atoms with van der Waals surface area (Å²) in [5, 5.41) is 0. The van der Waals surface area contributed by atoms with Crippen LogP contribution in [0, 0.1) is 0 Å². The van der Waals surface area contributed by atoms with Crippen LogP contribution in [-0.2, 0) is 18.9 Å². The third-order valence-electron chi connectivity index (χ3n) is 3.07. The normalized spacial score (nSPS) is 42.8. The largest absolute Gasteiger partial charge is 0.378 e. The van der Waals surface area contributed by atoms with Gasteiger partial charge in [-0.15, -0.1) is 0 Å². The molecular formula is C11H20O4S. The molecule has 2 fully saturated rings. The van der Waals surface area contributed by atoms with Crippen molar-refractivity contribution in [1.82, 2.24) is 0 Å². The summed E-state index contributed by atoms with van der Waals surface area (Å²) in [6.45, 7) is 3.88. The highest BCUT2D eigenvalue weighted by atomic mass is 32.2. The summed E-state index contributed by atoms with van der Waals surface area (Å²) >= 11 is 1.83. The molecule has 5 heteroatoms. The predicted octanol–water partition coefficient (Wildman–Crippen LogP) is 1.28. The van der Waals surface area contributed by atoms with E-state index in [9.17, 15) is 0 Å². The first kappa shape index (κ1) is 12.6. The first-order valence-electron chi connectivity index (χ1n) is 5.56. The molecular weight excluding hydrogens is 228 g/mol. The Balaban J connectivity index is 2.18. The Morgan fingerprint density at radius 2 is 1.44 bits per heavy atom. The molecule has 0 unspecified atom stereocenters. The van der Waals surface area contributed by atoms with E-state index in [1.54, 1.807) is 14.2 Å². The van der Waals surface area contributed by atoms with E-state index in [0.29, 0.717) is 0 Å². The van der Waals surface area contributed by atoms with E-state index < -0.39 is 5.79 Å². The van der Waals surface area contributed by atoms with Crippen molar-refractivity contribution in [1.29, 1.82) is 0 Å². The molecule has 0 N–H and O–H groups in total. The van der Waals surface area contributed by atoms with Gasteiger partial charge in [0.15, 0.2) is 5.79 Å². The number of hydrogen-bond donors (Lipinski definition) is 0. The van der Waals surface area contributed by atoms with Crippen LogP contribution in [0.1, 0.15) is 13.8 Å². The molecule has 0 aliphatic carbocycles. The lowest BCUT2D eigenvalue weighted by atomic mass is 10.1. The minimum Gasteiger partial charge on any atom is -0.378 e. The molecule has 0 bridgehead atoms. The molecule has 2 heterocycles. The van der Waals surface area contributed by atoms with Gasteiger partial charge in [-0.3, -0.25) is 0 Å². The van der Waals surface area contributed by atoms with Crippen molar-refractivity contribution in [2.45, 2.75) is 44.1 Å². The predicted molar refractivity (Wildman–Crippen MR) is 62.7 cm³/mol. The average molecular weight is 248 g/mol. The highest BCUT2D eigenvalue weighted by Gasteiger charge is 2.50. The Bertz CT molecular complexity index is 224. The quantitative estimate of drug-likeness (QED) is 0.736. The summed E-state index contributed by atoms with van der Waals surface area (Å²) < 4.78 is 22.8. The molecule has 2 saturated heterocycles. The van der Waals surface area contributed by atoms with Gasteiger partial charge in [-0.25, -0.2) is 0 Å². The Labute approximate surface area is 101 Å². The van der Waals surface area contributed by atoms with Crippen molar-refractivity contribution in [3.05, 3.63) is 0 Å². The van der Waals surface area contributed by atoms with E-state index in [4.69, 9.17) is 18.9 Å². The Kier molecular flexibility index (Phi) is 3.81. The number of thioether (sulfide) groups is 1. The van der Waals surface area contributed by atoms with E-state index in [2.05, 4.69) is 0 Å². The van der Waals surface area contributed by atoms with Crippen LogP contribution in [0.2, 0.25) is 0 Å². The van der Waals surface area contributed by atoms with Gasteiger partial charge >= 0.3 is 0 Å². The highest BCUT2D eigenvalue weighted by molar-refractivity contribution is 7.99. The summed E-state index contributed by atoms with van der Waals surface area (Å²) in [4.78, 5) is 0. The molecule has 4 atom stereocenters. The van der Waals surface area contributed by atoms with Crippen LogP contribution in [0.15, 0.2) is 0 Å². The first-order valence-corrected chi connectivity index (χ1v) is 6.72. The van der Waals surface area contributed by atoms with Gasteiger partial charge in [-0.1, -0.05) is 0 Å². The van der Waals surface area contributed by atoms with Gasteiger partial charge in [0, 0.05) is 25.7 Å². The molecule has 0 aromatic rings. The molecule has 2 rings (SSSR count). The second-order valence-corrected chi connectivity index (χ2v) is 5.73. The summed E-state index contributed by atoms with van der Waals surface area (Å²) in [5.41, 5.74) is 0. The van der Waals surface area contributed by atoms with Crippen molar-refractivity contribution in [3.8, 4) is 0 Å². The standard InChI is InChI=1S/C11H20O4S/c1-11(2)14-9-7(12-3)5-16-6-8(13-4)10(9)15-11/h7-10H,5-6H2,1-4H3/t7-,8-,9-,10-/m1/s1. The van der Waals surface area contributed by atoms with Crippen molar-refractivity contribution in [2.24, 2.45) is 0 Å². The molecule has 94 valence electrons. The van der Waals surface area contributed by atoms with Crippen LogP contribution in [0.25, 0.3) is 0 Å². The number of rotatable bonds is 2. The van der Waals surface area contributed by atoms with Crippen molar-refractivity contribution >= 4 is 11.8 Å². The molecule has 2 aliphatic heterocycles. The SMILES string of the molecule is CO[C@@H]1CSC[C@@H](OC)[C@H]2OC(C)(C)O[C@@H]21. The minimum absolute atomic E-state index is 0.0278. The topological polar surface area (TPSA) is 36.9 Å². The summed E-state index contributed by atoms with van der Waals surface area (Å²) in [6, 6.07) is 0. The van der Waals surface area contributed by atoms with E-state index in [1.165, 1.54) is 0 Å². The summed E-state index contributed by atoms with van der Waals surface area (Å²) in [7, 11) is 3.45. The number of methoxy groups -OCH3 is 2. The molecule has 0 radical (unpaired) electrons. The minimum atomic E-state index is -0.537. The Morgan fingerprint density at radius 3 is 1.81 bits per heavy atom. The van der Waals surface area contributed by atoms with Gasteiger partial charge in [0.05, 0.1) is 12.2 Å². The molecule has 2 aliphatic rings. The van der Waals surface area contributed by atoms with Crippen LogP contribution in [0.4, 0.5) is 0 Å². The highest BCUT2D eigenvalue weighted by Crippen LogP contribution is 2.37. The fourth-order valence-electron chi connectivity index (χ4n) is 2.29. The summed E-state index contributed by atoms with van der Waals surface area (Å²) in [5.74, 6) is 1.32. The molecule has 0 saturated carbocycles. The molecule has 0 amide bonds. The van der Waals surface area contributed by atoms with Crippen LogP contribution >= 0.6 is 11.8 Å². The van der Waals surface area contributed by atoms with Crippen molar-refractivity contribution in [3.63, 3.8) is 0 Å². The van der Waals surface area contributed by atoms with E-state index >= 15 is 0 Å². The van der Waals surface area contributed by atoms with Crippen molar-refractivity contribution in [2.75, 3.05) is 25.7 Å². The lowest BCUT2D eigenvalue weighted by molar-refractivity contribution is -0.161. The zero-order valence-corrected chi connectivity index (χ0v) is 11.1. The average Bonchev–Trinajstić information content (AvgIpc) is 2.46. The smallest absolute Gasteiger partial charge is 0.164 e. The van der Waals surface area contributed by atoms with Gasteiger partial charge in [0.25, 0.3) is 0 Å². The molecule has 0 aromatic heterocycles. The van der Waals surface area contributed by atoms with Gasteiger partial charge < -0.3 is 18.9 Å². The monoisotopic (exact) mass is 248 g/mol. The molecule has 0 spiro atoms. The zero-order valence-electron chi connectivity index (χ0n) is 10.3. The molecule has 4 nitrogen and oxygen atoms in total. The van der Waals surface area contributed by atoms with Gasteiger partial charge in [-0.2, -0.15) is 11.8 Å². The number of ether oxygens (including phenoxy) is 4. The van der Waals surface area contributed by atoms with Gasteiger partial charge in [-0.05, 0) is 13.8 Å². The lowest BCUT2D eigenvalue weighted by Gasteiger charge is -2.24. The van der Waals surface area contributed by atoms with Crippen LogP contribution in [-0.4, -0.2) is 55.9 Å². The first-order chi connectivity index (χ1) is 7.57. The third kappa shape index (κ3) is 2.38. The van der Waals surface area contributed by atoms with E-state index in [0.717, 1.165) is 11.5 Å². The van der Waals surface area contributed by atoms with Gasteiger partial charge in [0.2, 0.25) is 0 Å². The summed E-state index contributed by atoms with van der Waals surface area (Å²) in [6.07, 6.45) is 0.105. The number of hydrogen-bond acceptors (Lipinski definition) is 5. The Morgan fingerprint density at radius 1 is 1.00 bits per heavy atom. The lowest BCUT2D eigenvalue weighted by Crippen LogP contribution is -2.43. The molecule has 0 aromatic carbocycles.